The predicted octanol–water partition coefficient (Wildman–Crippen LogP) is 1.84. The van der Waals surface area contributed by atoms with Crippen LogP contribution in [0, 0.1) is 5.82 Å². The van der Waals surface area contributed by atoms with E-state index in [0.29, 0.717) is 11.5 Å². The number of imidazole rings is 1. The number of rotatable bonds is 4. The van der Waals surface area contributed by atoms with Crippen LogP contribution >= 0.6 is 0 Å². The molecule has 0 saturated heterocycles. The number of halogens is 1. The number of carbonyl (C=O) groups excluding carboxylic acids is 1. The van der Waals surface area contributed by atoms with Crippen molar-refractivity contribution in [1.29, 1.82) is 0 Å². The first-order chi connectivity index (χ1) is 7.75. The lowest BCUT2D eigenvalue weighted by Gasteiger charge is -2.03. The quantitative estimate of drug-likeness (QED) is 0.771. The number of aromatic nitrogens is 2. The molecular formula is C11H10FN3O. The lowest BCUT2D eigenvalue weighted by Crippen LogP contribution is -2.15. The molecule has 0 aliphatic heterocycles. The molecule has 82 valence electrons. The van der Waals surface area contributed by atoms with Gasteiger partial charge in [0.1, 0.15) is 5.82 Å². The minimum absolute atomic E-state index is 0.124. The van der Waals surface area contributed by atoms with Gasteiger partial charge in [-0.25, -0.2) is 9.37 Å². The monoisotopic (exact) mass is 219 g/mol. The average molecular weight is 219 g/mol. The molecule has 0 aliphatic rings. The third-order valence-electron chi connectivity index (χ3n) is 2.06. The molecule has 0 amide bonds. The summed E-state index contributed by atoms with van der Waals surface area (Å²) in [5, 5.41) is 2.88. The Hall–Kier alpha value is -2.17. The summed E-state index contributed by atoms with van der Waals surface area (Å²) in [6.45, 7) is 0.124. The van der Waals surface area contributed by atoms with E-state index in [1.165, 1.54) is 18.3 Å². The summed E-state index contributed by atoms with van der Waals surface area (Å²) < 4.78 is 12.6. The molecule has 0 fully saturated rings. The van der Waals surface area contributed by atoms with E-state index < -0.39 is 0 Å². The SMILES string of the molecule is O=C(CNc1ccc(F)cc1)c1ncc[nH]1. The standard InChI is InChI=1S/C11H10FN3O/c12-8-1-3-9(4-2-8)15-7-10(16)11-13-5-6-14-11/h1-6,15H,7H2,(H,13,14). The Kier molecular flexibility index (Phi) is 2.95. The number of aromatic amines is 1. The molecule has 1 heterocycles. The molecule has 4 nitrogen and oxygen atoms in total. The van der Waals surface area contributed by atoms with Crippen LogP contribution in [0.1, 0.15) is 10.6 Å². The van der Waals surface area contributed by atoms with Crippen molar-refractivity contribution >= 4 is 11.5 Å². The summed E-state index contributed by atoms with van der Waals surface area (Å²) in [5.41, 5.74) is 0.696. The fourth-order valence-electron chi connectivity index (χ4n) is 1.25. The molecule has 0 spiro atoms. The number of ketones is 1. The summed E-state index contributed by atoms with van der Waals surface area (Å²) in [5.74, 6) is -0.133. The van der Waals surface area contributed by atoms with Crippen LogP contribution in [-0.4, -0.2) is 22.3 Å². The highest BCUT2D eigenvalue weighted by Crippen LogP contribution is 2.07. The fraction of sp³-hybridized carbons (Fsp3) is 0.0909. The number of carbonyl (C=O) groups is 1. The Morgan fingerprint density at radius 3 is 2.75 bits per heavy atom. The zero-order chi connectivity index (χ0) is 11.4. The predicted molar refractivity (Wildman–Crippen MR) is 57.8 cm³/mol. The Bertz CT molecular complexity index is 464. The molecule has 1 aromatic heterocycles. The number of H-pyrrole nitrogens is 1. The van der Waals surface area contributed by atoms with E-state index >= 15 is 0 Å². The van der Waals surface area contributed by atoms with Gasteiger partial charge in [-0.3, -0.25) is 4.79 Å². The first-order valence-electron chi connectivity index (χ1n) is 4.78. The molecule has 2 aromatic rings. The first kappa shape index (κ1) is 10.4. The van der Waals surface area contributed by atoms with Gasteiger partial charge in [0.15, 0.2) is 5.82 Å². The molecule has 2 rings (SSSR count). The molecule has 1 aromatic carbocycles. The van der Waals surface area contributed by atoms with Crippen molar-refractivity contribution < 1.29 is 9.18 Å². The van der Waals surface area contributed by atoms with Crippen LogP contribution in [0.3, 0.4) is 0 Å². The summed E-state index contributed by atoms with van der Waals surface area (Å²) in [4.78, 5) is 18.1. The van der Waals surface area contributed by atoms with Crippen LogP contribution in [0.5, 0.6) is 0 Å². The summed E-state index contributed by atoms with van der Waals surface area (Å²) in [6.07, 6.45) is 3.11. The summed E-state index contributed by atoms with van der Waals surface area (Å²) >= 11 is 0. The normalized spacial score (nSPS) is 10.1. The maximum Gasteiger partial charge on any atom is 0.216 e. The van der Waals surface area contributed by atoms with E-state index in [1.807, 2.05) is 0 Å². The van der Waals surface area contributed by atoms with E-state index in [4.69, 9.17) is 0 Å². The minimum atomic E-state index is -0.303. The Morgan fingerprint density at radius 1 is 1.38 bits per heavy atom. The topological polar surface area (TPSA) is 57.8 Å². The molecule has 0 saturated carbocycles. The van der Waals surface area contributed by atoms with E-state index in [-0.39, 0.29) is 18.1 Å². The number of hydrogen-bond acceptors (Lipinski definition) is 3. The fourth-order valence-corrected chi connectivity index (χ4v) is 1.25. The average Bonchev–Trinajstić information content (AvgIpc) is 2.81. The summed E-state index contributed by atoms with van der Waals surface area (Å²) in [7, 11) is 0. The van der Waals surface area contributed by atoms with Crippen molar-refractivity contribution in [2.75, 3.05) is 11.9 Å². The minimum Gasteiger partial charge on any atom is -0.377 e. The van der Waals surface area contributed by atoms with Gasteiger partial charge in [-0.2, -0.15) is 0 Å². The van der Waals surface area contributed by atoms with Crippen molar-refractivity contribution in [1.82, 2.24) is 9.97 Å². The second-order valence-corrected chi connectivity index (χ2v) is 3.22. The molecule has 16 heavy (non-hydrogen) atoms. The number of nitrogens with one attached hydrogen (secondary N) is 2. The van der Waals surface area contributed by atoms with Crippen LogP contribution < -0.4 is 5.32 Å². The Balaban J connectivity index is 1.93. The highest BCUT2D eigenvalue weighted by molar-refractivity contribution is 5.95. The highest BCUT2D eigenvalue weighted by Gasteiger charge is 2.06. The lowest BCUT2D eigenvalue weighted by molar-refractivity contribution is 0.0997. The van der Waals surface area contributed by atoms with Gasteiger partial charge < -0.3 is 10.3 Å². The van der Waals surface area contributed by atoms with Gasteiger partial charge in [-0.05, 0) is 24.3 Å². The van der Waals surface area contributed by atoms with Gasteiger partial charge in [-0.15, -0.1) is 0 Å². The van der Waals surface area contributed by atoms with Gasteiger partial charge in [0.05, 0.1) is 6.54 Å². The second kappa shape index (κ2) is 4.57. The van der Waals surface area contributed by atoms with Crippen LogP contribution in [0.15, 0.2) is 36.7 Å². The van der Waals surface area contributed by atoms with E-state index in [9.17, 15) is 9.18 Å². The molecule has 2 N–H and O–H groups in total. The molecule has 0 bridgehead atoms. The van der Waals surface area contributed by atoms with Crippen molar-refractivity contribution in [3.8, 4) is 0 Å². The van der Waals surface area contributed by atoms with Crippen LogP contribution in [-0.2, 0) is 0 Å². The van der Waals surface area contributed by atoms with Crippen LogP contribution in [0.4, 0.5) is 10.1 Å². The highest BCUT2D eigenvalue weighted by atomic mass is 19.1. The van der Waals surface area contributed by atoms with E-state index in [1.54, 1.807) is 18.3 Å². The Morgan fingerprint density at radius 2 is 2.12 bits per heavy atom. The number of benzene rings is 1. The van der Waals surface area contributed by atoms with Crippen LogP contribution in [0.2, 0.25) is 0 Å². The van der Waals surface area contributed by atoms with Crippen molar-refractivity contribution in [3.05, 3.63) is 48.3 Å². The molecule has 0 unspecified atom stereocenters. The molecule has 5 heteroatoms. The van der Waals surface area contributed by atoms with Crippen molar-refractivity contribution in [2.45, 2.75) is 0 Å². The van der Waals surface area contributed by atoms with Gasteiger partial charge in [0.2, 0.25) is 5.78 Å². The molecular weight excluding hydrogens is 209 g/mol. The zero-order valence-corrected chi connectivity index (χ0v) is 8.40. The van der Waals surface area contributed by atoms with Crippen LogP contribution in [0.25, 0.3) is 0 Å². The zero-order valence-electron chi connectivity index (χ0n) is 8.40. The van der Waals surface area contributed by atoms with Gasteiger partial charge in [-0.1, -0.05) is 0 Å². The maximum atomic E-state index is 12.6. The first-order valence-corrected chi connectivity index (χ1v) is 4.78. The smallest absolute Gasteiger partial charge is 0.216 e. The maximum absolute atomic E-state index is 12.6. The second-order valence-electron chi connectivity index (χ2n) is 3.22. The van der Waals surface area contributed by atoms with Gasteiger partial charge in [0.25, 0.3) is 0 Å². The Labute approximate surface area is 91.5 Å². The molecule has 0 atom stereocenters. The third kappa shape index (κ3) is 2.44. The molecule has 0 aliphatic carbocycles. The summed E-state index contributed by atoms with van der Waals surface area (Å²) in [6, 6.07) is 5.81. The number of hydrogen-bond donors (Lipinski definition) is 2. The van der Waals surface area contributed by atoms with E-state index in [2.05, 4.69) is 15.3 Å². The third-order valence-corrected chi connectivity index (χ3v) is 2.06. The molecule has 0 radical (unpaired) electrons. The van der Waals surface area contributed by atoms with Crippen molar-refractivity contribution in [2.24, 2.45) is 0 Å². The lowest BCUT2D eigenvalue weighted by atomic mass is 10.3. The largest absolute Gasteiger partial charge is 0.377 e. The number of Topliss-reactive ketones (excluding diaryl/α,β-unsaturated/α-hetero) is 1. The van der Waals surface area contributed by atoms with Crippen molar-refractivity contribution in [3.63, 3.8) is 0 Å². The number of nitrogens with zero attached hydrogens (tertiary/aromatic N) is 1. The van der Waals surface area contributed by atoms with Gasteiger partial charge in [0, 0.05) is 18.1 Å². The number of anilines is 1. The van der Waals surface area contributed by atoms with Gasteiger partial charge >= 0.3 is 0 Å². The van der Waals surface area contributed by atoms with E-state index in [0.717, 1.165) is 0 Å².